The first-order valence-electron chi connectivity index (χ1n) is 6.24. The van der Waals surface area contributed by atoms with Crippen molar-refractivity contribution < 1.29 is 9.53 Å². The molecule has 0 spiro atoms. The van der Waals surface area contributed by atoms with Gasteiger partial charge < -0.3 is 4.74 Å². The number of hydrogen-bond acceptors (Lipinski definition) is 6. The van der Waals surface area contributed by atoms with E-state index in [0.717, 1.165) is 11.3 Å². The third kappa shape index (κ3) is 3.80. The molecule has 106 valence electrons. The second kappa shape index (κ2) is 6.51. The van der Waals surface area contributed by atoms with Crippen molar-refractivity contribution in [2.45, 2.75) is 32.0 Å². The van der Waals surface area contributed by atoms with Crippen molar-refractivity contribution in [2.75, 3.05) is 5.75 Å². The molecule has 0 bridgehead atoms. The maximum atomic E-state index is 11.5. The van der Waals surface area contributed by atoms with Gasteiger partial charge in [0, 0.05) is 0 Å². The highest BCUT2D eigenvalue weighted by Crippen LogP contribution is 2.18. The van der Waals surface area contributed by atoms with Crippen LogP contribution in [0.4, 0.5) is 0 Å². The molecule has 2 rings (SSSR count). The Labute approximate surface area is 121 Å². The highest BCUT2D eigenvalue weighted by molar-refractivity contribution is 7.99. The number of esters is 1. The van der Waals surface area contributed by atoms with Crippen LogP contribution in [-0.2, 0) is 9.53 Å². The molecule has 0 aliphatic carbocycles. The molecule has 0 fully saturated rings. The number of carbonyl (C=O) groups excluding carboxylic acids is 1. The summed E-state index contributed by atoms with van der Waals surface area (Å²) in [5.74, 6) is -0.0896. The van der Waals surface area contributed by atoms with Gasteiger partial charge in [0.15, 0.2) is 0 Å². The maximum absolute atomic E-state index is 11.5. The van der Waals surface area contributed by atoms with E-state index in [-0.39, 0.29) is 17.8 Å². The summed E-state index contributed by atoms with van der Waals surface area (Å²) in [4.78, 5) is 11.5. The lowest BCUT2D eigenvalue weighted by Crippen LogP contribution is -2.13. The van der Waals surface area contributed by atoms with Crippen molar-refractivity contribution in [3.05, 3.63) is 29.8 Å². The lowest BCUT2D eigenvalue weighted by atomic mass is 10.2. The predicted octanol–water partition coefficient (Wildman–Crippen LogP) is 2.01. The summed E-state index contributed by atoms with van der Waals surface area (Å²) in [7, 11) is 0. The molecule has 0 saturated heterocycles. The van der Waals surface area contributed by atoms with Gasteiger partial charge in [-0.25, -0.2) is 0 Å². The van der Waals surface area contributed by atoms with E-state index in [9.17, 15) is 4.79 Å². The number of nitrogens with zero attached hydrogens (tertiary/aromatic N) is 4. The Hall–Kier alpha value is -1.89. The second-order valence-corrected chi connectivity index (χ2v) is 5.48. The second-order valence-electron chi connectivity index (χ2n) is 4.54. The van der Waals surface area contributed by atoms with E-state index in [1.165, 1.54) is 11.8 Å². The molecule has 1 aromatic carbocycles. The fraction of sp³-hybridized carbons (Fsp3) is 0.385. The topological polar surface area (TPSA) is 69.9 Å². The van der Waals surface area contributed by atoms with Gasteiger partial charge in [-0.2, -0.15) is 4.68 Å². The van der Waals surface area contributed by atoms with Crippen LogP contribution < -0.4 is 0 Å². The number of rotatable bonds is 5. The minimum absolute atomic E-state index is 0.115. The van der Waals surface area contributed by atoms with Crippen LogP contribution in [0.25, 0.3) is 5.69 Å². The first kappa shape index (κ1) is 14.5. The van der Waals surface area contributed by atoms with Crippen molar-refractivity contribution >= 4 is 17.7 Å². The lowest BCUT2D eigenvalue weighted by molar-refractivity contribution is -0.144. The SMILES string of the molecule is Cc1ccc(-n2nnnc2SCC(=O)OC(C)C)cc1. The minimum Gasteiger partial charge on any atom is -0.462 e. The minimum atomic E-state index is -0.275. The first-order valence-corrected chi connectivity index (χ1v) is 7.22. The molecule has 1 heterocycles. The molecule has 0 radical (unpaired) electrons. The largest absolute Gasteiger partial charge is 0.462 e. The molecule has 0 amide bonds. The highest BCUT2D eigenvalue weighted by Gasteiger charge is 2.12. The zero-order chi connectivity index (χ0) is 14.5. The molecule has 7 heteroatoms. The molecule has 0 atom stereocenters. The van der Waals surface area contributed by atoms with Crippen LogP contribution in [0.3, 0.4) is 0 Å². The summed E-state index contributed by atoms with van der Waals surface area (Å²) >= 11 is 1.26. The van der Waals surface area contributed by atoms with Gasteiger partial charge in [-0.3, -0.25) is 4.79 Å². The van der Waals surface area contributed by atoms with Crippen molar-refractivity contribution in [3.8, 4) is 5.69 Å². The Kier molecular flexibility index (Phi) is 4.73. The third-order valence-electron chi connectivity index (χ3n) is 2.41. The van der Waals surface area contributed by atoms with Crippen molar-refractivity contribution in [2.24, 2.45) is 0 Å². The third-order valence-corrected chi connectivity index (χ3v) is 3.30. The van der Waals surface area contributed by atoms with Crippen LogP contribution in [0, 0.1) is 6.92 Å². The van der Waals surface area contributed by atoms with E-state index >= 15 is 0 Å². The number of tetrazole rings is 1. The normalized spacial score (nSPS) is 10.8. The molecule has 0 aliphatic heterocycles. The summed E-state index contributed by atoms with van der Waals surface area (Å²) in [6, 6.07) is 7.83. The lowest BCUT2D eigenvalue weighted by Gasteiger charge is -2.07. The Bertz CT molecular complexity index is 580. The van der Waals surface area contributed by atoms with Gasteiger partial charge in [0.25, 0.3) is 0 Å². The molecule has 20 heavy (non-hydrogen) atoms. The fourth-order valence-corrected chi connectivity index (χ4v) is 2.21. The summed E-state index contributed by atoms with van der Waals surface area (Å²) in [5.41, 5.74) is 2.02. The molecule has 0 N–H and O–H groups in total. The average Bonchev–Trinajstić information content (AvgIpc) is 2.85. The van der Waals surface area contributed by atoms with E-state index < -0.39 is 0 Å². The Morgan fingerprint density at radius 3 is 2.70 bits per heavy atom. The van der Waals surface area contributed by atoms with Gasteiger partial charge in [-0.05, 0) is 43.3 Å². The summed E-state index contributed by atoms with van der Waals surface area (Å²) in [6.07, 6.45) is -0.115. The van der Waals surface area contributed by atoms with E-state index in [4.69, 9.17) is 4.74 Å². The summed E-state index contributed by atoms with van der Waals surface area (Å²) in [5, 5.41) is 12.1. The van der Waals surface area contributed by atoms with E-state index in [1.54, 1.807) is 4.68 Å². The smallest absolute Gasteiger partial charge is 0.316 e. The van der Waals surface area contributed by atoms with Crippen LogP contribution in [0.15, 0.2) is 29.4 Å². The fourth-order valence-electron chi connectivity index (χ4n) is 1.54. The van der Waals surface area contributed by atoms with Gasteiger partial charge in [0.2, 0.25) is 5.16 Å². The van der Waals surface area contributed by atoms with Crippen LogP contribution >= 0.6 is 11.8 Å². The number of benzene rings is 1. The van der Waals surface area contributed by atoms with Crippen LogP contribution in [0.5, 0.6) is 0 Å². The molecule has 0 saturated carbocycles. The highest BCUT2D eigenvalue weighted by atomic mass is 32.2. The number of aryl methyl sites for hydroxylation is 1. The molecule has 1 aromatic heterocycles. The molecule has 6 nitrogen and oxygen atoms in total. The zero-order valence-corrected chi connectivity index (χ0v) is 12.4. The number of carbonyl (C=O) groups is 1. The molecule has 2 aromatic rings. The zero-order valence-electron chi connectivity index (χ0n) is 11.6. The number of hydrogen-bond donors (Lipinski definition) is 0. The van der Waals surface area contributed by atoms with Gasteiger partial charge in [-0.1, -0.05) is 29.5 Å². The Morgan fingerprint density at radius 1 is 1.35 bits per heavy atom. The summed E-state index contributed by atoms with van der Waals surface area (Å²) in [6.45, 7) is 5.65. The van der Waals surface area contributed by atoms with E-state index in [0.29, 0.717) is 5.16 Å². The van der Waals surface area contributed by atoms with Gasteiger partial charge in [0.05, 0.1) is 17.5 Å². The van der Waals surface area contributed by atoms with Gasteiger partial charge in [-0.15, -0.1) is 5.10 Å². The Balaban J connectivity index is 2.05. The first-order chi connectivity index (χ1) is 9.56. The number of ether oxygens (including phenoxy) is 1. The number of thioether (sulfide) groups is 1. The molecular weight excluding hydrogens is 276 g/mol. The van der Waals surface area contributed by atoms with Crippen molar-refractivity contribution in [1.82, 2.24) is 20.2 Å². The van der Waals surface area contributed by atoms with Crippen LogP contribution in [0.1, 0.15) is 19.4 Å². The summed E-state index contributed by atoms with van der Waals surface area (Å²) < 4.78 is 6.68. The van der Waals surface area contributed by atoms with E-state index in [1.807, 2.05) is 45.0 Å². The molecule has 0 unspecified atom stereocenters. The van der Waals surface area contributed by atoms with Crippen molar-refractivity contribution in [3.63, 3.8) is 0 Å². The molecular formula is C13H16N4O2S. The number of aromatic nitrogens is 4. The van der Waals surface area contributed by atoms with Gasteiger partial charge in [0.1, 0.15) is 0 Å². The van der Waals surface area contributed by atoms with Gasteiger partial charge >= 0.3 is 5.97 Å². The van der Waals surface area contributed by atoms with E-state index in [2.05, 4.69) is 15.5 Å². The predicted molar refractivity (Wildman–Crippen MR) is 75.8 cm³/mol. The Morgan fingerprint density at radius 2 is 2.05 bits per heavy atom. The maximum Gasteiger partial charge on any atom is 0.316 e. The van der Waals surface area contributed by atoms with Crippen molar-refractivity contribution in [1.29, 1.82) is 0 Å². The standard InChI is InChI=1S/C13H16N4O2S/c1-9(2)19-12(18)8-20-13-14-15-16-17(13)11-6-4-10(3)5-7-11/h4-7,9H,8H2,1-3H3. The average molecular weight is 292 g/mol. The molecule has 0 aliphatic rings. The van der Waals surface area contributed by atoms with Crippen LogP contribution in [0.2, 0.25) is 0 Å². The van der Waals surface area contributed by atoms with Crippen LogP contribution in [-0.4, -0.2) is 38.0 Å². The monoisotopic (exact) mass is 292 g/mol. The quantitative estimate of drug-likeness (QED) is 0.620.